The highest BCUT2D eigenvalue weighted by Crippen LogP contribution is 2.08. The van der Waals surface area contributed by atoms with Crippen LogP contribution < -0.4 is 16.6 Å². The predicted molar refractivity (Wildman–Crippen MR) is 112 cm³/mol. The van der Waals surface area contributed by atoms with E-state index in [1.165, 1.54) is 0 Å². The molecule has 0 spiro atoms. The summed E-state index contributed by atoms with van der Waals surface area (Å²) in [6, 6.07) is 13.2. The van der Waals surface area contributed by atoms with Gasteiger partial charge in [0.2, 0.25) is 0 Å². The summed E-state index contributed by atoms with van der Waals surface area (Å²) in [4.78, 5) is 4.15. The number of hydrazone groups is 2. The van der Waals surface area contributed by atoms with Crippen molar-refractivity contribution in [3.63, 3.8) is 0 Å². The van der Waals surface area contributed by atoms with Crippen molar-refractivity contribution in [1.82, 2.24) is 10.9 Å². The third-order valence-electron chi connectivity index (χ3n) is 3.21. The molecule has 8 heteroatoms. The van der Waals surface area contributed by atoms with E-state index in [-0.39, 0.29) is 11.5 Å². The van der Waals surface area contributed by atoms with Crippen LogP contribution in [0, 0.1) is 0 Å². The van der Waals surface area contributed by atoms with Gasteiger partial charge in [-0.3, -0.25) is 10.9 Å². The van der Waals surface area contributed by atoms with Crippen molar-refractivity contribution >= 4 is 18.3 Å². The van der Waals surface area contributed by atoms with Crippen molar-refractivity contribution in [3.8, 4) is 11.5 Å². The molecule has 2 aromatic carbocycles. The Balaban J connectivity index is 1.99. The van der Waals surface area contributed by atoms with Gasteiger partial charge in [-0.05, 0) is 66.6 Å². The van der Waals surface area contributed by atoms with Crippen molar-refractivity contribution in [2.24, 2.45) is 20.9 Å². The van der Waals surface area contributed by atoms with E-state index in [0.29, 0.717) is 17.4 Å². The van der Waals surface area contributed by atoms with Gasteiger partial charge >= 0.3 is 0 Å². The number of hydrogen-bond acceptors (Lipinski definition) is 7. The zero-order chi connectivity index (χ0) is 20.4. The third kappa shape index (κ3) is 7.44. The minimum absolute atomic E-state index is 0.185. The van der Waals surface area contributed by atoms with Gasteiger partial charge in [0.15, 0.2) is 0 Å². The molecule has 0 aromatic heterocycles. The molecule has 0 aliphatic rings. The lowest BCUT2D eigenvalue weighted by Crippen LogP contribution is -2.13. The lowest BCUT2D eigenvalue weighted by atomic mass is 10.2. The molecule has 0 aliphatic carbocycles. The number of allylic oxidation sites excluding steroid dienone is 1. The van der Waals surface area contributed by atoms with Crippen molar-refractivity contribution in [3.05, 3.63) is 83.8 Å². The molecule has 2 aromatic rings. The van der Waals surface area contributed by atoms with Gasteiger partial charge in [0.25, 0.3) is 0 Å². The summed E-state index contributed by atoms with van der Waals surface area (Å²) in [5, 5.41) is 26.7. The smallest absolute Gasteiger partial charge is 0.150 e. The molecule has 2 rings (SSSR count). The molecule has 8 nitrogen and oxygen atoms in total. The fraction of sp³-hybridized carbons (Fsp3) is 0.0500. The largest absolute Gasteiger partial charge is 0.508 e. The van der Waals surface area contributed by atoms with Crippen molar-refractivity contribution in [1.29, 1.82) is 0 Å². The van der Waals surface area contributed by atoms with Crippen LogP contribution >= 0.6 is 0 Å². The number of aromatic hydroxyl groups is 2. The van der Waals surface area contributed by atoms with Crippen molar-refractivity contribution in [2.45, 2.75) is 6.92 Å². The molecule has 6 N–H and O–H groups in total. The minimum atomic E-state index is 0.185. The number of nitrogens with one attached hydrogen (secondary N) is 2. The minimum Gasteiger partial charge on any atom is -0.508 e. The van der Waals surface area contributed by atoms with Crippen LogP contribution in [0.1, 0.15) is 18.1 Å². The van der Waals surface area contributed by atoms with E-state index >= 15 is 0 Å². The molecule has 28 heavy (non-hydrogen) atoms. The van der Waals surface area contributed by atoms with Crippen LogP contribution in [0.5, 0.6) is 11.5 Å². The number of nitrogens with zero attached hydrogens (tertiary/aromatic N) is 3. The summed E-state index contributed by atoms with van der Waals surface area (Å²) >= 11 is 0. The van der Waals surface area contributed by atoms with Gasteiger partial charge in [0, 0.05) is 6.08 Å². The van der Waals surface area contributed by atoms with Crippen LogP contribution in [0.25, 0.3) is 0 Å². The maximum atomic E-state index is 9.28. The van der Waals surface area contributed by atoms with E-state index in [0.717, 1.165) is 11.1 Å². The van der Waals surface area contributed by atoms with E-state index < -0.39 is 0 Å². The van der Waals surface area contributed by atoms with E-state index in [1.54, 1.807) is 74.0 Å². The molecule has 0 radical (unpaired) electrons. The van der Waals surface area contributed by atoms with Crippen molar-refractivity contribution < 1.29 is 10.2 Å². The summed E-state index contributed by atoms with van der Waals surface area (Å²) < 4.78 is 0. The maximum Gasteiger partial charge on any atom is 0.150 e. The van der Waals surface area contributed by atoms with Gasteiger partial charge in [0.05, 0.1) is 24.0 Å². The molecule has 0 fully saturated rings. The summed E-state index contributed by atoms with van der Waals surface area (Å²) in [5.74, 6) is 1.09. The number of phenolic OH excluding ortho intramolecular Hbond substituents is 2. The van der Waals surface area contributed by atoms with Crippen LogP contribution in [0.15, 0.2) is 87.9 Å². The molecular weight excluding hydrogens is 356 g/mol. The highest BCUT2D eigenvalue weighted by atomic mass is 16.3. The topological polar surface area (TPSA) is 128 Å². The predicted octanol–water partition coefficient (Wildman–Crippen LogP) is 2.38. The molecule has 0 bridgehead atoms. The second-order valence-corrected chi connectivity index (χ2v) is 5.73. The first-order chi connectivity index (χ1) is 13.4. The second-order valence-electron chi connectivity index (χ2n) is 5.73. The Kier molecular flexibility index (Phi) is 7.35. The first-order valence-electron chi connectivity index (χ1n) is 8.30. The highest BCUT2D eigenvalue weighted by molar-refractivity contribution is 5.80. The lowest BCUT2D eigenvalue weighted by molar-refractivity contribution is 0.475. The van der Waals surface area contributed by atoms with Gasteiger partial charge in [0.1, 0.15) is 17.3 Å². The van der Waals surface area contributed by atoms with Crippen LogP contribution in [-0.4, -0.2) is 28.5 Å². The third-order valence-corrected chi connectivity index (χ3v) is 3.21. The average Bonchev–Trinajstić information content (AvgIpc) is 2.64. The number of rotatable bonds is 8. The van der Waals surface area contributed by atoms with Gasteiger partial charge < -0.3 is 15.9 Å². The monoisotopic (exact) mass is 378 g/mol. The highest BCUT2D eigenvalue weighted by Gasteiger charge is 1.96. The zero-order valence-corrected chi connectivity index (χ0v) is 15.4. The molecule has 0 saturated carbocycles. The van der Waals surface area contributed by atoms with E-state index in [4.69, 9.17) is 5.73 Å². The van der Waals surface area contributed by atoms with Gasteiger partial charge in [-0.1, -0.05) is 6.58 Å². The number of amidine groups is 1. The van der Waals surface area contributed by atoms with Crippen LogP contribution in [0.4, 0.5) is 0 Å². The van der Waals surface area contributed by atoms with Crippen LogP contribution in [0.2, 0.25) is 0 Å². The van der Waals surface area contributed by atoms with Gasteiger partial charge in [-0.15, -0.1) is 0 Å². The number of benzene rings is 2. The Morgan fingerprint density at radius 1 is 0.893 bits per heavy atom. The lowest BCUT2D eigenvalue weighted by Gasteiger charge is -2.04. The Labute approximate surface area is 163 Å². The van der Waals surface area contributed by atoms with E-state index in [2.05, 4.69) is 32.6 Å². The molecule has 144 valence electrons. The number of phenols is 2. The molecule has 0 saturated heterocycles. The molecule has 0 amide bonds. The van der Waals surface area contributed by atoms with Gasteiger partial charge in [-0.25, -0.2) is 4.99 Å². The van der Waals surface area contributed by atoms with E-state index in [1.807, 2.05) is 0 Å². The van der Waals surface area contributed by atoms with Gasteiger partial charge in [-0.2, -0.15) is 10.2 Å². The van der Waals surface area contributed by atoms with Crippen LogP contribution in [0.3, 0.4) is 0 Å². The molecule has 0 aliphatic heterocycles. The fourth-order valence-electron chi connectivity index (χ4n) is 1.96. The Hall–Kier alpha value is -4.07. The normalized spacial score (nSPS) is 12.5. The van der Waals surface area contributed by atoms with Crippen LogP contribution in [-0.2, 0) is 0 Å². The molecule has 0 atom stereocenters. The second kappa shape index (κ2) is 10.2. The summed E-state index contributed by atoms with van der Waals surface area (Å²) in [5.41, 5.74) is 13.3. The number of aliphatic imine (C=N–C) groups is 1. The summed E-state index contributed by atoms with van der Waals surface area (Å²) in [6.45, 7) is 5.50. The van der Waals surface area contributed by atoms with Crippen molar-refractivity contribution in [2.75, 3.05) is 0 Å². The number of hydrogen-bond donors (Lipinski definition) is 5. The Morgan fingerprint density at radius 2 is 1.36 bits per heavy atom. The first kappa shape index (κ1) is 20.2. The number of nitrogens with two attached hydrogens (primary N) is 1. The summed E-state index contributed by atoms with van der Waals surface area (Å²) in [6.07, 6.45) is 4.76. The average molecular weight is 378 g/mol. The Morgan fingerprint density at radius 3 is 1.82 bits per heavy atom. The molecule has 0 unspecified atom stereocenters. The first-order valence-corrected chi connectivity index (χ1v) is 8.30. The molecular formula is C20H22N6O2. The quantitative estimate of drug-likeness (QED) is 0.209. The molecule has 0 heterocycles. The Bertz CT molecular complexity index is 909. The zero-order valence-electron chi connectivity index (χ0n) is 15.4. The standard InChI is InChI=1S/C20H22N6O2/c1-14(25-22-12-16-3-7-18(27)8-4-16)11-20(24-15(2)21)26-23-13-17-5-9-19(28)10-6-17/h3-13,25-28H,1H2,2H3,(H2,21,24)/b20-11+,22-12+,23-13+. The SMILES string of the molecule is C=C(/C=C(\N=C(C)N)N/N=C/c1ccc(O)cc1)N/N=C/c1ccc(O)cc1. The summed E-state index contributed by atoms with van der Waals surface area (Å²) in [7, 11) is 0. The maximum absolute atomic E-state index is 9.28. The fourth-order valence-corrected chi connectivity index (χ4v) is 1.96. The van der Waals surface area contributed by atoms with E-state index in [9.17, 15) is 10.2 Å².